The van der Waals surface area contributed by atoms with Crippen LogP contribution < -0.4 is 9.47 Å². The molecule has 0 aliphatic carbocycles. The Bertz CT molecular complexity index is 674. The maximum Gasteiger partial charge on any atom is 0.303 e. The number of carboxylic acid groups (broad SMARTS) is 1. The molecule has 2 heterocycles. The van der Waals surface area contributed by atoms with Crippen molar-refractivity contribution < 1.29 is 24.2 Å². The summed E-state index contributed by atoms with van der Waals surface area (Å²) in [5, 5.41) is 8.86. The predicted molar refractivity (Wildman–Crippen MR) is 88.0 cm³/mol. The molecule has 1 amide bonds. The van der Waals surface area contributed by atoms with Gasteiger partial charge in [-0.2, -0.15) is 0 Å². The highest BCUT2D eigenvalue weighted by Crippen LogP contribution is 2.31. The van der Waals surface area contributed by atoms with Gasteiger partial charge >= 0.3 is 5.97 Å². The zero-order valence-electron chi connectivity index (χ0n) is 13.7. The van der Waals surface area contributed by atoms with Gasteiger partial charge in [0.15, 0.2) is 0 Å². The third-order valence-corrected chi connectivity index (χ3v) is 4.57. The molecule has 3 rings (SSSR count). The van der Waals surface area contributed by atoms with Crippen LogP contribution in [0.2, 0.25) is 0 Å². The molecule has 0 atom stereocenters. The minimum Gasteiger partial charge on any atom is -0.497 e. The molecule has 1 N–H and O–H groups in total. The Hall–Kier alpha value is -2.50. The standard InChI is InChI=1S/C18H21NO5/c1-23-15-2-3-16-13(10-15)9-14(11-24-16)18(22)19-6-4-12(5-7-19)8-17(20)21/h2-3,9-10,12H,4-8,11H2,1H3,(H,20,21). The van der Waals surface area contributed by atoms with Crippen molar-refractivity contribution in [1.29, 1.82) is 0 Å². The molecule has 1 aromatic rings. The molecule has 0 spiro atoms. The number of piperidine rings is 1. The number of aliphatic carboxylic acids is 1. The van der Waals surface area contributed by atoms with Gasteiger partial charge in [0.2, 0.25) is 0 Å². The lowest BCUT2D eigenvalue weighted by atomic mass is 9.93. The number of carbonyl (C=O) groups excluding carboxylic acids is 1. The summed E-state index contributed by atoms with van der Waals surface area (Å²) in [5.41, 5.74) is 1.46. The van der Waals surface area contributed by atoms with Crippen LogP contribution in [0.5, 0.6) is 11.5 Å². The summed E-state index contributed by atoms with van der Waals surface area (Å²) in [6.45, 7) is 1.45. The molecule has 0 saturated carbocycles. The normalized spacial score (nSPS) is 17.5. The number of methoxy groups -OCH3 is 1. The summed E-state index contributed by atoms with van der Waals surface area (Å²) in [7, 11) is 1.60. The van der Waals surface area contributed by atoms with Crippen molar-refractivity contribution in [3.63, 3.8) is 0 Å². The van der Waals surface area contributed by atoms with Crippen LogP contribution >= 0.6 is 0 Å². The second-order valence-corrected chi connectivity index (χ2v) is 6.20. The van der Waals surface area contributed by atoms with Gasteiger partial charge in [-0.15, -0.1) is 0 Å². The van der Waals surface area contributed by atoms with Crippen LogP contribution in [-0.2, 0) is 9.59 Å². The smallest absolute Gasteiger partial charge is 0.303 e. The second-order valence-electron chi connectivity index (χ2n) is 6.20. The molecule has 24 heavy (non-hydrogen) atoms. The van der Waals surface area contributed by atoms with Crippen LogP contribution in [0.15, 0.2) is 23.8 Å². The molecule has 1 saturated heterocycles. The van der Waals surface area contributed by atoms with Gasteiger partial charge in [0, 0.05) is 25.1 Å². The minimum absolute atomic E-state index is 0.0303. The number of fused-ring (bicyclic) bond motifs is 1. The Kier molecular flexibility index (Phi) is 4.74. The van der Waals surface area contributed by atoms with Crippen LogP contribution in [0.1, 0.15) is 24.8 Å². The third kappa shape index (κ3) is 3.53. The highest BCUT2D eigenvalue weighted by molar-refractivity contribution is 5.99. The van der Waals surface area contributed by atoms with Crippen molar-refractivity contribution in [2.24, 2.45) is 5.92 Å². The van der Waals surface area contributed by atoms with Crippen molar-refractivity contribution in [3.8, 4) is 11.5 Å². The van der Waals surface area contributed by atoms with Gasteiger partial charge in [-0.05, 0) is 43.0 Å². The molecule has 6 heteroatoms. The fraction of sp³-hybridized carbons (Fsp3) is 0.444. The van der Waals surface area contributed by atoms with Crippen LogP contribution in [-0.4, -0.2) is 48.7 Å². The van der Waals surface area contributed by atoms with E-state index in [0.717, 1.165) is 29.9 Å². The average Bonchev–Trinajstić information content (AvgIpc) is 2.60. The number of hydrogen-bond acceptors (Lipinski definition) is 4. The van der Waals surface area contributed by atoms with Crippen molar-refractivity contribution >= 4 is 18.0 Å². The number of likely N-dealkylation sites (tertiary alicyclic amines) is 1. The fourth-order valence-corrected chi connectivity index (χ4v) is 3.20. The largest absolute Gasteiger partial charge is 0.497 e. The lowest BCUT2D eigenvalue weighted by Crippen LogP contribution is -2.40. The number of nitrogens with zero attached hydrogens (tertiary/aromatic N) is 1. The first-order valence-electron chi connectivity index (χ1n) is 8.09. The summed E-state index contributed by atoms with van der Waals surface area (Å²) < 4.78 is 10.9. The van der Waals surface area contributed by atoms with E-state index in [1.807, 2.05) is 24.3 Å². The number of ether oxygens (including phenoxy) is 2. The van der Waals surface area contributed by atoms with Crippen LogP contribution in [0.3, 0.4) is 0 Å². The summed E-state index contributed by atoms with van der Waals surface area (Å²) in [4.78, 5) is 25.2. The number of hydrogen-bond donors (Lipinski definition) is 1. The van der Waals surface area contributed by atoms with Gasteiger partial charge in [0.25, 0.3) is 5.91 Å². The third-order valence-electron chi connectivity index (χ3n) is 4.57. The average molecular weight is 331 g/mol. The quantitative estimate of drug-likeness (QED) is 0.915. The number of carbonyl (C=O) groups is 2. The summed E-state index contributed by atoms with van der Waals surface area (Å²) in [5.74, 6) is 0.823. The molecule has 2 aliphatic heterocycles. The van der Waals surface area contributed by atoms with Gasteiger partial charge in [-0.3, -0.25) is 9.59 Å². The minimum atomic E-state index is -0.770. The van der Waals surface area contributed by atoms with E-state index >= 15 is 0 Å². The molecule has 0 aromatic heterocycles. The highest BCUT2D eigenvalue weighted by Gasteiger charge is 2.27. The van der Waals surface area contributed by atoms with E-state index in [2.05, 4.69) is 0 Å². The predicted octanol–water partition coefficient (Wildman–Crippen LogP) is 2.18. The van der Waals surface area contributed by atoms with Gasteiger partial charge in [-0.25, -0.2) is 0 Å². The Labute approximate surface area is 140 Å². The number of benzene rings is 1. The fourth-order valence-electron chi connectivity index (χ4n) is 3.20. The summed E-state index contributed by atoms with van der Waals surface area (Å²) in [6, 6.07) is 5.51. The van der Waals surface area contributed by atoms with E-state index < -0.39 is 5.97 Å². The van der Waals surface area contributed by atoms with Crippen molar-refractivity contribution in [3.05, 3.63) is 29.3 Å². The summed E-state index contributed by atoms with van der Waals surface area (Å²) in [6.07, 6.45) is 3.50. The van der Waals surface area contributed by atoms with Crippen LogP contribution in [0.4, 0.5) is 0 Å². The molecular formula is C18H21NO5. The first-order chi connectivity index (χ1) is 11.6. The first kappa shape index (κ1) is 16.4. The molecular weight excluding hydrogens is 310 g/mol. The van der Waals surface area contributed by atoms with E-state index in [1.165, 1.54) is 0 Å². The maximum absolute atomic E-state index is 12.7. The molecule has 2 aliphatic rings. The topological polar surface area (TPSA) is 76.1 Å². The van der Waals surface area contributed by atoms with E-state index in [4.69, 9.17) is 14.6 Å². The second kappa shape index (κ2) is 6.95. The first-order valence-corrected chi connectivity index (χ1v) is 8.09. The Morgan fingerprint density at radius 3 is 2.75 bits per heavy atom. The highest BCUT2D eigenvalue weighted by atomic mass is 16.5. The van der Waals surface area contributed by atoms with Gasteiger partial charge in [-0.1, -0.05) is 0 Å². The lowest BCUT2D eigenvalue weighted by Gasteiger charge is -2.32. The molecule has 1 aromatic carbocycles. The molecule has 6 nitrogen and oxygen atoms in total. The van der Waals surface area contributed by atoms with Gasteiger partial charge < -0.3 is 19.5 Å². The van der Waals surface area contributed by atoms with E-state index in [-0.39, 0.29) is 24.9 Å². The van der Waals surface area contributed by atoms with Crippen molar-refractivity contribution in [2.45, 2.75) is 19.3 Å². The molecule has 1 fully saturated rings. The Morgan fingerprint density at radius 2 is 2.08 bits per heavy atom. The number of rotatable bonds is 4. The summed E-state index contributed by atoms with van der Waals surface area (Å²) >= 11 is 0. The van der Waals surface area contributed by atoms with Crippen LogP contribution in [0.25, 0.3) is 6.08 Å². The van der Waals surface area contributed by atoms with E-state index in [9.17, 15) is 9.59 Å². The Balaban J connectivity index is 1.67. The van der Waals surface area contributed by atoms with Gasteiger partial charge in [0.05, 0.1) is 12.7 Å². The van der Waals surface area contributed by atoms with Crippen molar-refractivity contribution in [1.82, 2.24) is 4.90 Å². The maximum atomic E-state index is 12.7. The lowest BCUT2D eigenvalue weighted by molar-refractivity contribution is -0.138. The molecule has 0 radical (unpaired) electrons. The molecule has 128 valence electrons. The molecule has 0 unspecified atom stereocenters. The van der Waals surface area contributed by atoms with Crippen LogP contribution in [0, 0.1) is 5.92 Å². The number of carboxylic acids is 1. The zero-order chi connectivity index (χ0) is 17.1. The Morgan fingerprint density at radius 1 is 1.33 bits per heavy atom. The van der Waals surface area contributed by atoms with Gasteiger partial charge in [0.1, 0.15) is 18.1 Å². The van der Waals surface area contributed by atoms with E-state index in [1.54, 1.807) is 12.0 Å². The van der Waals surface area contributed by atoms with E-state index in [0.29, 0.717) is 18.7 Å². The zero-order valence-corrected chi connectivity index (χ0v) is 13.7. The molecule has 0 bridgehead atoms. The van der Waals surface area contributed by atoms with Crippen molar-refractivity contribution in [2.75, 3.05) is 26.8 Å². The monoisotopic (exact) mass is 331 g/mol. The number of amides is 1. The SMILES string of the molecule is COc1ccc2c(c1)C=C(C(=O)N1CCC(CC(=O)O)CC1)CO2.